The number of fused-ring (bicyclic) bond motifs is 1. The third-order valence-corrected chi connectivity index (χ3v) is 4.10. The van der Waals surface area contributed by atoms with Crippen LogP contribution in [-0.2, 0) is 9.53 Å². The lowest BCUT2D eigenvalue weighted by Gasteiger charge is -2.30. The van der Waals surface area contributed by atoms with Crippen molar-refractivity contribution in [3.63, 3.8) is 0 Å². The van der Waals surface area contributed by atoms with Crippen LogP contribution in [0.2, 0.25) is 0 Å². The molecule has 2 aliphatic heterocycles. The van der Waals surface area contributed by atoms with Crippen molar-refractivity contribution < 1.29 is 19.4 Å². The van der Waals surface area contributed by atoms with Gasteiger partial charge in [-0.25, -0.2) is 4.79 Å². The molecule has 0 radical (unpaired) electrons. The van der Waals surface area contributed by atoms with E-state index in [0.717, 1.165) is 11.3 Å². The van der Waals surface area contributed by atoms with Gasteiger partial charge in [0.2, 0.25) is 0 Å². The fourth-order valence-corrected chi connectivity index (χ4v) is 3.00. The molecule has 0 aliphatic carbocycles. The van der Waals surface area contributed by atoms with E-state index in [2.05, 4.69) is 4.99 Å². The first-order chi connectivity index (χ1) is 10.4. The van der Waals surface area contributed by atoms with Crippen molar-refractivity contribution in [2.24, 2.45) is 16.3 Å². The molecule has 1 N–H and O–H groups in total. The van der Waals surface area contributed by atoms with Gasteiger partial charge in [-0.15, -0.1) is 0 Å². The van der Waals surface area contributed by atoms with Crippen LogP contribution < -0.4 is 0 Å². The number of aliphatic carboxylic acids is 1. The van der Waals surface area contributed by atoms with Crippen LogP contribution in [-0.4, -0.2) is 52.5 Å². The Bertz CT molecular complexity index is 586. The number of ether oxygens (including phenoxy) is 1. The zero-order valence-corrected chi connectivity index (χ0v) is 14.7. The monoisotopic (exact) mass is 322 g/mol. The SMILES string of the molecule is CC(C)C1C2=NC[C@@](C)(C(=O)O)C=C2CN1C(=O)OC(C)(C)C. The number of carboxylic acid groups (broad SMARTS) is 1. The molecule has 0 aromatic rings. The Morgan fingerprint density at radius 1 is 1.43 bits per heavy atom. The maximum Gasteiger partial charge on any atom is 0.411 e. The first-order valence-electron chi connectivity index (χ1n) is 7.94. The lowest BCUT2D eigenvalue weighted by molar-refractivity contribution is -0.144. The number of carbonyl (C=O) groups excluding carboxylic acids is 1. The second-order valence-electron chi connectivity index (χ2n) is 7.89. The minimum atomic E-state index is -1.01. The molecule has 6 heteroatoms. The van der Waals surface area contributed by atoms with Crippen molar-refractivity contribution in [2.45, 2.75) is 53.2 Å². The molecule has 0 saturated carbocycles. The van der Waals surface area contributed by atoms with Gasteiger partial charge in [-0.05, 0) is 39.2 Å². The zero-order valence-electron chi connectivity index (χ0n) is 14.7. The molecule has 0 aromatic carbocycles. The molecular formula is C17H26N2O4. The highest BCUT2D eigenvalue weighted by atomic mass is 16.6. The van der Waals surface area contributed by atoms with Crippen LogP contribution in [0.25, 0.3) is 0 Å². The van der Waals surface area contributed by atoms with Gasteiger partial charge >= 0.3 is 12.1 Å². The Morgan fingerprint density at radius 3 is 2.52 bits per heavy atom. The predicted octanol–water partition coefficient (Wildman–Crippen LogP) is 2.73. The molecule has 0 bridgehead atoms. The van der Waals surface area contributed by atoms with Gasteiger partial charge in [-0.2, -0.15) is 0 Å². The van der Waals surface area contributed by atoms with E-state index in [9.17, 15) is 14.7 Å². The minimum absolute atomic E-state index is 0.168. The van der Waals surface area contributed by atoms with Gasteiger partial charge in [-0.3, -0.25) is 14.7 Å². The third-order valence-electron chi connectivity index (χ3n) is 4.10. The third kappa shape index (κ3) is 3.41. The molecule has 2 atom stereocenters. The minimum Gasteiger partial charge on any atom is -0.481 e. The highest BCUT2D eigenvalue weighted by molar-refractivity contribution is 6.10. The molecule has 1 saturated heterocycles. The topological polar surface area (TPSA) is 79.2 Å². The molecular weight excluding hydrogens is 296 g/mol. The first-order valence-corrected chi connectivity index (χ1v) is 7.94. The Hall–Kier alpha value is -1.85. The summed E-state index contributed by atoms with van der Waals surface area (Å²) >= 11 is 0. The number of hydrogen-bond acceptors (Lipinski definition) is 4. The highest BCUT2D eigenvalue weighted by Gasteiger charge is 2.45. The van der Waals surface area contributed by atoms with Gasteiger partial charge in [0.1, 0.15) is 11.0 Å². The van der Waals surface area contributed by atoms with Crippen LogP contribution in [0.1, 0.15) is 41.5 Å². The average Bonchev–Trinajstić information content (AvgIpc) is 2.74. The summed E-state index contributed by atoms with van der Waals surface area (Å²) in [6, 6.07) is -0.172. The second kappa shape index (κ2) is 5.65. The normalized spacial score (nSPS) is 27.4. The largest absolute Gasteiger partial charge is 0.481 e. The standard InChI is InChI=1S/C17H26N2O4/c1-10(2)13-12-11(7-17(6,9-18-12)14(20)21)8-19(13)15(22)23-16(3,4)5/h7,10,13H,8-9H2,1-6H3,(H,20,21)/t13?,17-/m0/s1. The van der Waals surface area contributed by atoms with Gasteiger partial charge in [0.25, 0.3) is 0 Å². The van der Waals surface area contributed by atoms with Crippen LogP contribution in [0, 0.1) is 11.3 Å². The summed E-state index contributed by atoms with van der Waals surface area (Å²) in [6.45, 7) is 11.7. The average molecular weight is 322 g/mol. The summed E-state index contributed by atoms with van der Waals surface area (Å²) in [6.07, 6.45) is 1.36. The highest BCUT2D eigenvalue weighted by Crippen LogP contribution is 2.35. The van der Waals surface area contributed by atoms with E-state index < -0.39 is 17.0 Å². The lowest BCUT2D eigenvalue weighted by atomic mass is 9.84. The number of dihydropyridines is 1. The number of hydrogen-bond donors (Lipinski definition) is 1. The molecule has 2 aliphatic rings. The van der Waals surface area contributed by atoms with Crippen LogP contribution in [0.3, 0.4) is 0 Å². The van der Waals surface area contributed by atoms with Crippen molar-refractivity contribution >= 4 is 17.8 Å². The van der Waals surface area contributed by atoms with E-state index in [1.807, 2.05) is 34.6 Å². The molecule has 6 nitrogen and oxygen atoms in total. The number of rotatable bonds is 2. The van der Waals surface area contributed by atoms with Crippen LogP contribution >= 0.6 is 0 Å². The van der Waals surface area contributed by atoms with Gasteiger partial charge < -0.3 is 9.84 Å². The molecule has 0 spiro atoms. The van der Waals surface area contributed by atoms with E-state index >= 15 is 0 Å². The fourth-order valence-electron chi connectivity index (χ4n) is 3.00. The number of likely N-dealkylation sites (tertiary alicyclic amines) is 1. The molecule has 1 unspecified atom stereocenters. The fraction of sp³-hybridized carbons (Fsp3) is 0.706. The molecule has 1 amide bonds. The van der Waals surface area contributed by atoms with Crippen molar-refractivity contribution in [1.82, 2.24) is 4.90 Å². The molecule has 2 heterocycles. The van der Waals surface area contributed by atoms with Crippen molar-refractivity contribution in [1.29, 1.82) is 0 Å². The maximum absolute atomic E-state index is 12.5. The Balaban J connectivity index is 2.34. The van der Waals surface area contributed by atoms with E-state index in [4.69, 9.17) is 4.74 Å². The summed E-state index contributed by atoms with van der Waals surface area (Å²) < 4.78 is 5.50. The quantitative estimate of drug-likeness (QED) is 0.848. The summed E-state index contributed by atoms with van der Waals surface area (Å²) in [5.74, 6) is -0.731. The smallest absolute Gasteiger partial charge is 0.411 e. The first kappa shape index (κ1) is 17.5. The van der Waals surface area contributed by atoms with Crippen LogP contribution in [0.5, 0.6) is 0 Å². The van der Waals surface area contributed by atoms with Gasteiger partial charge in [0.05, 0.1) is 24.8 Å². The van der Waals surface area contributed by atoms with Crippen LogP contribution in [0.4, 0.5) is 4.79 Å². The number of nitrogens with zero attached hydrogens (tertiary/aromatic N) is 2. The van der Waals surface area contributed by atoms with E-state index in [1.165, 1.54) is 0 Å². The lowest BCUT2D eigenvalue weighted by Crippen LogP contribution is -2.44. The molecule has 0 aromatic heterocycles. The number of carbonyl (C=O) groups is 2. The predicted molar refractivity (Wildman–Crippen MR) is 87.7 cm³/mol. The summed E-state index contributed by atoms with van der Waals surface area (Å²) in [4.78, 5) is 30.2. The van der Waals surface area contributed by atoms with E-state index in [0.29, 0.717) is 6.54 Å². The molecule has 128 valence electrons. The number of amides is 1. The maximum atomic E-state index is 12.5. The van der Waals surface area contributed by atoms with Gasteiger partial charge in [-0.1, -0.05) is 19.9 Å². The Morgan fingerprint density at radius 2 is 2.04 bits per heavy atom. The molecule has 1 fully saturated rings. The summed E-state index contributed by atoms with van der Waals surface area (Å²) in [5, 5.41) is 9.40. The van der Waals surface area contributed by atoms with Crippen molar-refractivity contribution in [3.8, 4) is 0 Å². The van der Waals surface area contributed by atoms with E-state index in [-0.39, 0.29) is 24.6 Å². The van der Waals surface area contributed by atoms with Crippen molar-refractivity contribution in [3.05, 3.63) is 11.6 Å². The zero-order chi connectivity index (χ0) is 17.6. The van der Waals surface area contributed by atoms with E-state index in [1.54, 1.807) is 17.9 Å². The second-order valence-corrected chi connectivity index (χ2v) is 7.89. The summed E-state index contributed by atoms with van der Waals surface area (Å²) in [5.41, 5.74) is 0.0675. The molecule has 23 heavy (non-hydrogen) atoms. The van der Waals surface area contributed by atoms with Crippen molar-refractivity contribution in [2.75, 3.05) is 13.1 Å². The van der Waals surface area contributed by atoms with Gasteiger partial charge in [0.15, 0.2) is 0 Å². The van der Waals surface area contributed by atoms with Crippen LogP contribution in [0.15, 0.2) is 16.6 Å². The van der Waals surface area contributed by atoms with Gasteiger partial charge in [0, 0.05) is 0 Å². The molecule has 2 rings (SSSR count). The Kier molecular flexibility index (Phi) is 4.30. The number of aliphatic imine (C=N–C) groups is 1. The Labute approximate surface area is 137 Å². The number of carboxylic acids is 1. The summed E-state index contributed by atoms with van der Waals surface area (Å²) in [7, 11) is 0.